The van der Waals surface area contributed by atoms with Gasteiger partial charge in [-0.05, 0) is 31.4 Å². The van der Waals surface area contributed by atoms with Crippen LogP contribution in [0.2, 0.25) is 0 Å². The van der Waals surface area contributed by atoms with Crippen molar-refractivity contribution in [3.8, 4) is 0 Å². The monoisotopic (exact) mass is 272 g/mol. The van der Waals surface area contributed by atoms with Gasteiger partial charge < -0.3 is 10.2 Å². The standard InChI is InChI=1S/C15H20N4O/c20-15(18-10-2-1-3-11-18)7-8-16-13-5-4-6-14-17-9-12-19(13)14/h4-6,9,12,16H,1-3,7-8,10-11H2. The van der Waals surface area contributed by atoms with Crippen molar-refractivity contribution in [2.45, 2.75) is 25.7 Å². The minimum atomic E-state index is 0.259. The number of rotatable bonds is 4. The second kappa shape index (κ2) is 5.94. The number of piperidine rings is 1. The number of hydrogen-bond acceptors (Lipinski definition) is 3. The van der Waals surface area contributed by atoms with Gasteiger partial charge in [0.2, 0.25) is 5.91 Å². The lowest BCUT2D eigenvalue weighted by molar-refractivity contribution is -0.131. The van der Waals surface area contributed by atoms with Crippen LogP contribution in [0, 0.1) is 0 Å². The smallest absolute Gasteiger partial charge is 0.224 e. The van der Waals surface area contributed by atoms with Crippen molar-refractivity contribution in [2.24, 2.45) is 0 Å². The summed E-state index contributed by atoms with van der Waals surface area (Å²) >= 11 is 0. The van der Waals surface area contributed by atoms with Crippen LogP contribution in [0.5, 0.6) is 0 Å². The van der Waals surface area contributed by atoms with Crippen molar-refractivity contribution < 1.29 is 4.79 Å². The number of hydrogen-bond donors (Lipinski definition) is 1. The Labute approximate surface area is 118 Å². The average Bonchev–Trinajstić information content (AvgIpc) is 2.97. The van der Waals surface area contributed by atoms with Gasteiger partial charge in [0.1, 0.15) is 11.5 Å². The van der Waals surface area contributed by atoms with E-state index in [1.807, 2.05) is 33.7 Å². The quantitative estimate of drug-likeness (QED) is 0.927. The topological polar surface area (TPSA) is 49.6 Å². The lowest BCUT2D eigenvalue weighted by Crippen LogP contribution is -2.36. The maximum atomic E-state index is 12.1. The predicted molar refractivity (Wildman–Crippen MR) is 78.7 cm³/mol. The molecular weight excluding hydrogens is 252 g/mol. The molecule has 1 aliphatic rings. The van der Waals surface area contributed by atoms with Crippen LogP contribution in [-0.4, -0.2) is 39.8 Å². The molecule has 3 rings (SSSR count). The molecule has 0 bridgehead atoms. The fraction of sp³-hybridized carbons (Fsp3) is 0.467. The molecule has 5 nitrogen and oxygen atoms in total. The molecule has 0 unspecified atom stereocenters. The van der Waals surface area contributed by atoms with Gasteiger partial charge in [-0.1, -0.05) is 6.07 Å². The zero-order valence-corrected chi connectivity index (χ0v) is 11.6. The van der Waals surface area contributed by atoms with Gasteiger partial charge in [0.05, 0.1) is 0 Å². The van der Waals surface area contributed by atoms with Gasteiger partial charge in [-0.3, -0.25) is 9.20 Å². The number of carbonyl (C=O) groups is 1. The Balaban J connectivity index is 1.54. The summed E-state index contributed by atoms with van der Waals surface area (Å²) in [6.07, 6.45) is 7.79. The first-order chi connectivity index (χ1) is 9.84. The van der Waals surface area contributed by atoms with Gasteiger partial charge in [0.25, 0.3) is 0 Å². The molecule has 1 aliphatic heterocycles. The fourth-order valence-electron chi connectivity index (χ4n) is 2.69. The number of nitrogens with one attached hydrogen (secondary N) is 1. The summed E-state index contributed by atoms with van der Waals surface area (Å²) in [6, 6.07) is 5.93. The molecule has 2 aromatic rings. The molecule has 0 aliphatic carbocycles. The Morgan fingerprint density at radius 3 is 2.95 bits per heavy atom. The summed E-state index contributed by atoms with van der Waals surface area (Å²) < 4.78 is 1.99. The van der Waals surface area contributed by atoms with E-state index in [2.05, 4.69) is 10.3 Å². The average molecular weight is 272 g/mol. The van der Waals surface area contributed by atoms with Crippen LogP contribution in [0.15, 0.2) is 30.6 Å². The van der Waals surface area contributed by atoms with Crippen molar-refractivity contribution in [2.75, 3.05) is 25.0 Å². The predicted octanol–water partition coefficient (Wildman–Crippen LogP) is 2.15. The fourth-order valence-corrected chi connectivity index (χ4v) is 2.69. The molecule has 1 N–H and O–H groups in total. The van der Waals surface area contributed by atoms with Crippen LogP contribution in [0.4, 0.5) is 5.82 Å². The molecule has 0 saturated carbocycles. The largest absolute Gasteiger partial charge is 0.371 e. The number of anilines is 1. The molecule has 20 heavy (non-hydrogen) atoms. The second-order valence-electron chi connectivity index (χ2n) is 5.18. The number of carbonyl (C=O) groups excluding carboxylic acids is 1. The highest BCUT2D eigenvalue weighted by atomic mass is 16.2. The summed E-state index contributed by atoms with van der Waals surface area (Å²) in [4.78, 5) is 18.3. The molecule has 5 heteroatoms. The van der Waals surface area contributed by atoms with Gasteiger partial charge in [0, 0.05) is 38.4 Å². The van der Waals surface area contributed by atoms with Crippen molar-refractivity contribution in [3.63, 3.8) is 0 Å². The molecule has 1 fully saturated rings. The van der Waals surface area contributed by atoms with E-state index in [0.717, 1.165) is 37.4 Å². The third-order valence-electron chi connectivity index (χ3n) is 3.78. The number of pyridine rings is 1. The van der Waals surface area contributed by atoms with E-state index in [0.29, 0.717) is 13.0 Å². The Morgan fingerprint density at radius 1 is 1.25 bits per heavy atom. The minimum Gasteiger partial charge on any atom is -0.371 e. The molecule has 0 atom stereocenters. The highest BCUT2D eigenvalue weighted by molar-refractivity contribution is 5.76. The van der Waals surface area contributed by atoms with E-state index in [1.54, 1.807) is 6.20 Å². The van der Waals surface area contributed by atoms with Crippen molar-refractivity contribution in [3.05, 3.63) is 30.6 Å². The SMILES string of the molecule is O=C(CCNc1cccc2nccn12)N1CCCCC1. The Bertz CT molecular complexity index is 586. The maximum Gasteiger partial charge on any atom is 0.224 e. The summed E-state index contributed by atoms with van der Waals surface area (Å²) in [7, 11) is 0. The lowest BCUT2D eigenvalue weighted by Gasteiger charge is -2.26. The van der Waals surface area contributed by atoms with E-state index in [-0.39, 0.29) is 5.91 Å². The zero-order valence-electron chi connectivity index (χ0n) is 11.6. The second-order valence-corrected chi connectivity index (χ2v) is 5.18. The minimum absolute atomic E-state index is 0.259. The van der Waals surface area contributed by atoms with Gasteiger partial charge in [-0.15, -0.1) is 0 Å². The van der Waals surface area contributed by atoms with E-state index < -0.39 is 0 Å². The van der Waals surface area contributed by atoms with Gasteiger partial charge in [0.15, 0.2) is 0 Å². The third-order valence-corrected chi connectivity index (χ3v) is 3.78. The summed E-state index contributed by atoms with van der Waals surface area (Å²) in [5, 5.41) is 3.32. The lowest BCUT2D eigenvalue weighted by atomic mass is 10.1. The number of imidazole rings is 1. The van der Waals surface area contributed by atoms with E-state index in [4.69, 9.17) is 0 Å². The number of nitrogens with zero attached hydrogens (tertiary/aromatic N) is 3. The van der Waals surface area contributed by atoms with E-state index in [1.165, 1.54) is 6.42 Å². The Morgan fingerprint density at radius 2 is 2.10 bits per heavy atom. The number of amides is 1. The number of fused-ring (bicyclic) bond motifs is 1. The van der Waals surface area contributed by atoms with Crippen molar-refractivity contribution in [1.29, 1.82) is 0 Å². The van der Waals surface area contributed by atoms with E-state index in [9.17, 15) is 4.79 Å². The van der Waals surface area contributed by atoms with Gasteiger partial charge in [-0.25, -0.2) is 4.98 Å². The van der Waals surface area contributed by atoms with Crippen LogP contribution in [0.1, 0.15) is 25.7 Å². The summed E-state index contributed by atoms with van der Waals surface area (Å²) in [5.41, 5.74) is 0.914. The van der Waals surface area contributed by atoms with Crippen LogP contribution in [0.25, 0.3) is 5.65 Å². The zero-order chi connectivity index (χ0) is 13.8. The molecule has 0 aromatic carbocycles. The summed E-state index contributed by atoms with van der Waals surface area (Å²) in [6.45, 7) is 2.51. The molecule has 1 amide bonds. The number of likely N-dealkylation sites (tertiary alicyclic amines) is 1. The summed E-state index contributed by atoms with van der Waals surface area (Å²) in [5.74, 6) is 1.24. The highest BCUT2D eigenvalue weighted by Crippen LogP contribution is 2.12. The third kappa shape index (κ3) is 2.76. The Hall–Kier alpha value is -2.04. The van der Waals surface area contributed by atoms with Gasteiger partial charge >= 0.3 is 0 Å². The van der Waals surface area contributed by atoms with Crippen LogP contribution >= 0.6 is 0 Å². The van der Waals surface area contributed by atoms with Crippen LogP contribution in [0.3, 0.4) is 0 Å². The molecule has 0 radical (unpaired) electrons. The van der Waals surface area contributed by atoms with Crippen LogP contribution in [-0.2, 0) is 4.79 Å². The molecular formula is C15H20N4O. The first-order valence-electron chi connectivity index (χ1n) is 7.28. The molecule has 1 saturated heterocycles. The number of aromatic nitrogens is 2. The molecule has 106 valence electrons. The van der Waals surface area contributed by atoms with E-state index >= 15 is 0 Å². The van der Waals surface area contributed by atoms with Crippen molar-refractivity contribution >= 4 is 17.4 Å². The molecule has 2 aromatic heterocycles. The molecule has 0 spiro atoms. The molecule has 3 heterocycles. The van der Waals surface area contributed by atoms with Crippen molar-refractivity contribution in [1.82, 2.24) is 14.3 Å². The Kier molecular flexibility index (Phi) is 3.85. The first-order valence-corrected chi connectivity index (χ1v) is 7.28. The highest BCUT2D eigenvalue weighted by Gasteiger charge is 2.15. The first kappa shape index (κ1) is 13.0. The van der Waals surface area contributed by atoms with Gasteiger partial charge in [-0.2, -0.15) is 0 Å². The van der Waals surface area contributed by atoms with Crippen LogP contribution < -0.4 is 5.32 Å². The maximum absolute atomic E-state index is 12.1. The normalized spacial score (nSPS) is 15.5.